The fourth-order valence-electron chi connectivity index (χ4n) is 3.07. The van der Waals surface area contributed by atoms with Crippen molar-refractivity contribution in [2.75, 3.05) is 7.11 Å². The van der Waals surface area contributed by atoms with E-state index >= 15 is 0 Å². The van der Waals surface area contributed by atoms with Crippen LogP contribution in [0.5, 0.6) is 5.75 Å². The number of aryl methyl sites for hydroxylation is 2. The molecule has 0 radical (unpaired) electrons. The maximum absolute atomic E-state index is 5.54. The Kier molecular flexibility index (Phi) is 3.38. The number of aromatic amines is 2. The van der Waals surface area contributed by atoms with Crippen LogP contribution in [-0.4, -0.2) is 17.1 Å². The van der Waals surface area contributed by atoms with Crippen molar-refractivity contribution in [3.05, 3.63) is 74.6 Å². The molecule has 4 nitrogen and oxygen atoms in total. The number of rotatable bonds is 2. The Hall–Kier alpha value is -3.01. The maximum atomic E-state index is 5.54. The summed E-state index contributed by atoms with van der Waals surface area (Å²) in [6.45, 7) is 4.15. The number of hydrogen-bond acceptors (Lipinski definition) is 2. The number of nitrogens with one attached hydrogen (secondary N) is 2. The van der Waals surface area contributed by atoms with Gasteiger partial charge in [0.05, 0.1) is 28.9 Å². The predicted octanol–water partition coefficient (Wildman–Crippen LogP) is 1.02. The highest BCUT2D eigenvalue weighted by Crippen LogP contribution is 2.10. The summed E-state index contributed by atoms with van der Waals surface area (Å²) in [7, 11) is 1.69. The number of para-hydroxylation sites is 1. The minimum absolute atomic E-state index is 0.809. The van der Waals surface area contributed by atoms with Gasteiger partial charge in [-0.15, -0.1) is 0 Å². The van der Waals surface area contributed by atoms with Crippen molar-refractivity contribution in [2.24, 2.45) is 4.99 Å². The monoisotopic (exact) mass is 317 g/mol. The third-order valence-corrected chi connectivity index (χ3v) is 4.25. The van der Waals surface area contributed by atoms with E-state index in [1.54, 1.807) is 7.11 Å². The molecule has 1 aliphatic heterocycles. The first-order valence-electron chi connectivity index (χ1n) is 7.95. The van der Waals surface area contributed by atoms with Crippen LogP contribution in [0.3, 0.4) is 0 Å². The van der Waals surface area contributed by atoms with Crippen molar-refractivity contribution in [1.29, 1.82) is 0 Å². The summed E-state index contributed by atoms with van der Waals surface area (Å²) < 4.78 is 5.54. The Labute approximate surface area is 139 Å². The van der Waals surface area contributed by atoms with Gasteiger partial charge in [0.25, 0.3) is 0 Å². The number of fused-ring (bicyclic) bond motifs is 1. The van der Waals surface area contributed by atoms with Gasteiger partial charge < -0.3 is 14.7 Å². The van der Waals surface area contributed by atoms with Gasteiger partial charge in [-0.25, -0.2) is 4.99 Å². The lowest BCUT2D eigenvalue weighted by molar-refractivity contribution is 0.412. The molecule has 3 heterocycles. The number of hydrogen-bond donors (Lipinski definition) is 2. The van der Waals surface area contributed by atoms with E-state index in [2.05, 4.69) is 48.1 Å². The molecular formula is C20H19N3O. The molecule has 24 heavy (non-hydrogen) atoms. The van der Waals surface area contributed by atoms with E-state index < -0.39 is 0 Å². The second-order valence-electron chi connectivity index (χ2n) is 6.06. The molecule has 3 aromatic rings. The van der Waals surface area contributed by atoms with Crippen LogP contribution in [0.2, 0.25) is 0 Å². The summed E-state index contributed by atoms with van der Waals surface area (Å²) in [6, 6.07) is 12.3. The predicted molar refractivity (Wildman–Crippen MR) is 95.5 cm³/mol. The molecule has 0 unspecified atom stereocenters. The van der Waals surface area contributed by atoms with E-state index in [4.69, 9.17) is 9.73 Å². The summed E-state index contributed by atoms with van der Waals surface area (Å²) in [6.07, 6.45) is 4.17. The molecule has 0 amide bonds. The highest BCUT2D eigenvalue weighted by atomic mass is 16.5. The van der Waals surface area contributed by atoms with Gasteiger partial charge in [-0.2, -0.15) is 0 Å². The third kappa shape index (κ3) is 2.46. The summed E-state index contributed by atoms with van der Waals surface area (Å²) in [5.41, 5.74) is 4.37. The lowest BCUT2D eigenvalue weighted by Crippen LogP contribution is -2.19. The van der Waals surface area contributed by atoms with Crippen LogP contribution in [0.25, 0.3) is 17.8 Å². The summed E-state index contributed by atoms with van der Waals surface area (Å²) in [4.78, 5) is 11.5. The molecule has 1 aliphatic rings. The molecule has 2 aromatic heterocycles. The second-order valence-corrected chi connectivity index (χ2v) is 6.06. The fraction of sp³-hybridized carbons (Fsp3) is 0.150. The van der Waals surface area contributed by atoms with Gasteiger partial charge in [0, 0.05) is 22.7 Å². The molecule has 0 aliphatic carbocycles. The summed E-state index contributed by atoms with van der Waals surface area (Å²) in [5.74, 6) is 0.809. The van der Waals surface area contributed by atoms with Gasteiger partial charge in [0.1, 0.15) is 5.75 Å². The van der Waals surface area contributed by atoms with Crippen molar-refractivity contribution in [3.63, 3.8) is 0 Å². The zero-order valence-electron chi connectivity index (χ0n) is 14.0. The molecule has 0 spiro atoms. The molecule has 0 fully saturated rings. The lowest BCUT2D eigenvalue weighted by atomic mass is 10.2. The molecule has 1 aromatic carbocycles. The number of methoxy groups -OCH3 is 1. The van der Waals surface area contributed by atoms with Gasteiger partial charge >= 0.3 is 0 Å². The number of H-pyrrole nitrogens is 2. The molecule has 0 bridgehead atoms. The second kappa shape index (κ2) is 5.57. The summed E-state index contributed by atoms with van der Waals surface area (Å²) >= 11 is 0. The molecule has 120 valence electrons. The maximum Gasteiger partial charge on any atom is 0.144 e. The minimum Gasteiger partial charge on any atom is -0.494 e. The van der Waals surface area contributed by atoms with Crippen LogP contribution in [0.15, 0.2) is 41.4 Å². The first kappa shape index (κ1) is 14.6. The standard InChI is InChI=1S/C20H19N3O/c1-12-8-13(2)21-16(12)10-19-20(24-3)11-18(23-19)17-9-14-6-4-5-7-15(14)22-17/h4-11,21,23H,1-3H3/b18-17-,19-10?. The molecule has 0 atom stereocenters. The van der Waals surface area contributed by atoms with Crippen molar-refractivity contribution in [3.8, 4) is 5.75 Å². The van der Waals surface area contributed by atoms with E-state index in [9.17, 15) is 0 Å². The average Bonchev–Trinajstić information content (AvgIpc) is 3.24. The van der Waals surface area contributed by atoms with Crippen LogP contribution in [0.4, 0.5) is 0 Å². The first-order chi connectivity index (χ1) is 11.6. The van der Waals surface area contributed by atoms with Gasteiger partial charge in [0.15, 0.2) is 0 Å². The summed E-state index contributed by atoms with van der Waals surface area (Å²) in [5, 5.41) is 4.03. The number of nitrogens with zero attached hydrogens (tertiary/aromatic N) is 1. The smallest absolute Gasteiger partial charge is 0.144 e. The average molecular weight is 317 g/mol. The Bertz CT molecular complexity index is 1130. The molecule has 0 saturated heterocycles. The molecule has 0 saturated carbocycles. The van der Waals surface area contributed by atoms with Gasteiger partial charge in [-0.05, 0) is 43.7 Å². The Morgan fingerprint density at radius 3 is 2.62 bits per heavy atom. The van der Waals surface area contributed by atoms with Crippen molar-refractivity contribution in [2.45, 2.75) is 13.8 Å². The van der Waals surface area contributed by atoms with Crippen LogP contribution < -0.4 is 26.0 Å². The van der Waals surface area contributed by atoms with Crippen LogP contribution >= 0.6 is 0 Å². The number of ether oxygens (including phenoxy) is 1. The largest absolute Gasteiger partial charge is 0.494 e. The SMILES string of the molecule is COc1c/c(=C2\C=c3ccccc3=N2)[nH]c1=Cc1[nH]c(C)cc1C. The Balaban J connectivity index is 1.93. The highest BCUT2D eigenvalue weighted by molar-refractivity contribution is 5.76. The van der Waals surface area contributed by atoms with Crippen molar-refractivity contribution in [1.82, 2.24) is 9.97 Å². The Morgan fingerprint density at radius 1 is 1.08 bits per heavy atom. The normalized spacial score (nSPS) is 15.9. The third-order valence-electron chi connectivity index (χ3n) is 4.25. The van der Waals surface area contributed by atoms with Crippen molar-refractivity contribution < 1.29 is 4.74 Å². The number of aromatic nitrogens is 2. The first-order valence-corrected chi connectivity index (χ1v) is 7.95. The van der Waals surface area contributed by atoms with Gasteiger partial charge in [0.2, 0.25) is 0 Å². The van der Waals surface area contributed by atoms with Crippen molar-refractivity contribution >= 4 is 17.8 Å². The minimum atomic E-state index is 0.809. The van der Waals surface area contributed by atoms with E-state index in [0.717, 1.165) is 44.1 Å². The van der Waals surface area contributed by atoms with E-state index in [-0.39, 0.29) is 0 Å². The number of benzene rings is 1. The molecule has 4 heteroatoms. The van der Waals surface area contributed by atoms with E-state index in [1.807, 2.05) is 24.3 Å². The zero-order chi connectivity index (χ0) is 16.7. The molecular weight excluding hydrogens is 298 g/mol. The highest BCUT2D eigenvalue weighted by Gasteiger charge is 2.06. The fourth-order valence-corrected chi connectivity index (χ4v) is 3.07. The topological polar surface area (TPSA) is 53.2 Å². The quantitative estimate of drug-likeness (QED) is 0.728. The van der Waals surface area contributed by atoms with Gasteiger partial charge in [-0.3, -0.25) is 0 Å². The van der Waals surface area contributed by atoms with Gasteiger partial charge in [-0.1, -0.05) is 18.2 Å². The molecule has 4 rings (SSSR count). The zero-order valence-corrected chi connectivity index (χ0v) is 14.0. The molecule has 2 N–H and O–H groups in total. The van der Waals surface area contributed by atoms with Crippen LogP contribution in [0.1, 0.15) is 17.0 Å². The van der Waals surface area contributed by atoms with Crippen LogP contribution in [-0.2, 0) is 0 Å². The van der Waals surface area contributed by atoms with E-state index in [0.29, 0.717) is 0 Å². The van der Waals surface area contributed by atoms with E-state index in [1.165, 1.54) is 5.56 Å². The Morgan fingerprint density at radius 2 is 1.92 bits per heavy atom. The lowest BCUT2D eigenvalue weighted by Gasteiger charge is -1.94. The van der Waals surface area contributed by atoms with Crippen LogP contribution in [0, 0.1) is 13.8 Å².